The maximum atomic E-state index is 13.6. The molecule has 3 unspecified atom stereocenters. The van der Waals surface area contributed by atoms with E-state index < -0.39 is 26.6 Å². The second kappa shape index (κ2) is 57.9. The molecule has 1 amide bonds. The van der Waals surface area contributed by atoms with Gasteiger partial charge in [-0.05, 0) is 96.0 Å². The Morgan fingerprint density at radius 1 is 0.449 bits per heavy atom. The topological polar surface area (TPSA) is 114 Å². The molecular weight excluding hydrogens is 988 g/mol. The number of carbonyl (C=O) groups excluding carboxylic acids is 2. The van der Waals surface area contributed by atoms with Gasteiger partial charge in [0.25, 0.3) is 7.82 Å². The third kappa shape index (κ3) is 58.4. The lowest BCUT2D eigenvalue weighted by atomic mass is 10.0. The smallest absolute Gasteiger partial charge is 0.306 e. The standard InChI is InChI=1S/C68H127N2O7P/c1-7-10-13-16-19-22-25-28-30-31-32-33-34-35-36-37-38-39-40-42-45-48-51-54-57-60-67(71)69-65(64-76-78(73,74)75-63-62-70(4,5)6)66(59-56-53-50-47-44-41-27-24-21-18-15-12-9-3)77-68(72)61-58-55-52-49-46-43-29-26-23-20-17-14-11-8-2/h19,22,28,30,32-33,43,46,56,59,65-66H,7-18,20-21,23-27,29,31,34-42,44-45,47-55,57-58,60-64H2,1-6H3,(H-,69,71,73,74)/b22-19-,30-28-,33-32-,46-43-,59-56-. The predicted molar refractivity (Wildman–Crippen MR) is 335 cm³/mol. The van der Waals surface area contributed by atoms with Gasteiger partial charge in [0.05, 0.1) is 33.8 Å². The number of hydrogen-bond donors (Lipinski definition) is 1. The molecule has 10 heteroatoms. The molecule has 0 bridgehead atoms. The number of carbonyl (C=O) groups is 2. The van der Waals surface area contributed by atoms with Crippen molar-refractivity contribution in [2.24, 2.45) is 0 Å². The molecule has 1 N–H and O–H groups in total. The third-order valence-electron chi connectivity index (χ3n) is 14.7. The van der Waals surface area contributed by atoms with E-state index in [4.69, 9.17) is 13.8 Å². The number of phosphoric acid groups is 1. The van der Waals surface area contributed by atoms with Crippen molar-refractivity contribution in [1.29, 1.82) is 0 Å². The van der Waals surface area contributed by atoms with E-state index in [1.807, 2.05) is 33.3 Å². The molecular formula is C68H127N2O7P. The van der Waals surface area contributed by atoms with Crippen molar-refractivity contribution < 1.29 is 37.3 Å². The van der Waals surface area contributed by atoms with Gasteiger partial charge in [0.1, 0.15) is 19.3 Å². The quantitative estimate of drug-likeness (QED) is 0.0212. The molecule has 0 aromatic rings. The molecule has 0 saturated heterocycles. The number of quaternary nitrogens is 1. The lowest BCUT2D eigenvalue weighted by molar-refractivity contribution is -0.870. The molecule has 0 fully saturated rings. The van der Waals surface area contributed by atoms with Crippen molar-refractivity contribution in [2.45, 2.75) is 322 Å². The van der Waals surface area contributed by atoms with Crippen LogP contribution in [0.1, 0.15) is 310 Å². The second-order valence-electron chi connectivity index (χ2n) is 23.6. The van der Waals surface area contributed by atoms with Crippen LogP contribution in [0, 0.1) is 0 Å². The summed E-state index contributed by atoms with van der Waals surface area (Å²) in [4.78, 5) is 40.0. The third-order valence-corrected chi connectivity index (χ3v) is 15.6. The lowest BCUT2D eigenvalue weighted by Gasteiger charge is -2.30. The fourth-order valence-corrected chi connectivity index (χ4v) is 10.2. The zero-order valence-corrected chi connectivity index (χ0v) is 53.0. The Labute approximate surface area is 483 Å². The molecule has 0 aliphatic carbocycles. The molecule has 0 aliphatic heterocycles. The predicted octanol–water partition coefficient (Wildman–Crippen LogP) is 20.0. The zero-order chi connectivity index (χ0) is 57.2. The highest BCUT2D eigenvalue weighted by Gasteiger charge is 2.27. The summed E-state index contributed by atoms with van der Waals surface area (Å²) in [6, 6.07) is -0.896. The number of allylic oxidation sites excluding steroid dienone is 9. The largest absolute Gasteiger partial charge is 0.756 e. The van der Waals surface area contributed by atoms with Crippen molar-refractivity contribution in [2.75, 3.05) is 40.9 Å². The Morgan fingerprint density at radius 3 is 1.22 bits per heavy atom. The number of phosphoric ester groups is 1. The minimum Gasteiger partial charge on any atom is -0.756 e. The Balaban J connectivity index is 5.13. The summed E-state index contributed by atoms with van der Waals surface area (Å²) in [5.41, 5.74) is 0. The van der Waals surface area contributed by atoms with Gasteiger partial charge in [0.2, 0.25) is 5.91 Å². The van der Waals surface area contributed by atoms with E-state index in [0.29, 0.717) is 23.9 Å². The molecule has 0 aromatic heterocycles. The molecule has 78 heavy (non-hydrogen) atoms. The fraction of sp³-hybridized carbons (Fsp3) is 0.824. The first kappa shape index (κ1) is 75.7. The number of nitrogens with zero attached hydrogens (tertiary/aromatic N) is 1. The number of amides is 1. The summed E-state index contributed by atoms with van der Waals surface area (Å²) in [7, 11) is 1.18. The Morgan fingerprint density at radius 2 is 0.782 bits per heavy atom. The number of rotatable bonds is 60. The van der Waals surface area contributed by atoms with E-state index in [-0.39, 0.29) is 24.9 Å². The lowest BCUT2D eigenvalue weighted by Crippen LogP contribution is -2.47. The van der Waals surface area contributed by atoms with Crippen LogP contribution in [0.15, 0.2) is 60.8 Å². The SMILES string of the molecule is CCCCC/C=C\C/C=C\C/C=C\CCCCCCCCCCCCCCC(=O)NC(COP(=O)([O-])OCC[N+](C)(C)C)C(/C=C\CCCCCCCCCCCCC)OC(=O)CCCCC/C=C\CCCCCCCCC. The number of esters is 1. The summed E-state index contributed by atoms with van der Waals surface area (Å²) < 4.78 is 30.4. The number of likely N-dealkylation sites (N-methyl/N-ethyl adjacent to an activating group) is 1. The molecule has 0 radical (unpaired) electrons. The van der Waals surface area contributed by atoms with Crippen LogP contribution in [0.5, 0.6) is 0 Å². The molecule has 0 spiro atoms. The van der Waals surface area contributed by atoms with E-state index in [1.165, 1.54) is 193 Å². The first-order valence-electron chi connectivity index (χ1n) is 33.1. The van der Waals surface area contributed by atoms with Crippen LogP contribution in [-0.2, 0) is 27.9 Å². The maximum absolute atomic E-state index is 13.6. The van der Waals surface area contributed by atoms with Gasteiger partial charge in [-0.1, -0.05) is 262 Å². The van der Waals surface area contributed by atoms with Gasteiger partial charge in [-0.25, -0.2) is 0 Å². The van der Waals surface area contributed by atoms with E-state index >= 15 is 0 Å². The highest BCUT2D eigenvalue weighted by Crippen LogP contribution is 2.38. The van der Waals surface area contributed by atoms with Crippen LogP contribution in [0.3, 0.4) is 0 Å². The first-order valence-corrected chi connectivity index (χ1v) is 34.6. The molecule has 0 aromatic carbocycles. The fourth-order valence-electron chi connectivity index (χ4n) is 9.52. The highest BCUT2D eigenvalue weighted by atomic mass is 31.2. The minimum absolute atomic E-state index is 0.0251. The van der Waals surface area contributed by atoms with Crippen molar-refractivity contribution in [1.82, 2.24) is 5.32 Å². The van der Waals surface area contributed by atoms with Gasteiger partial charge >= 0.3 is 5.97 Å². The van der Waals surface area contributed by atoms with Crippen LogP contribution >= 0.6 is 7.82 Å². The summed E-state index contributed by atoms with van der Waals surface area (Å²) in [6.07, 6.45) is 73.3. The average Bonchev–Trinajstić information content (AvgIpc) is 3.40. The Bertz CT molecular complexity index is 1520. The van der Waals surface area contributed by atoms with E-state index in [9.17, 15) is 19.0 Å². The van der Waals surface area contributed by atoms with E-state index in [2.05, 4.69) is 74.7 Å². The van der Waals surface area contributed by atoms with Gasteiger partial charge in [-0.2, -0.15) is 0 Å². The van der Waals surface area contributed by atoms with Crippen molar-refractivity contribution in [3.8, 4) is 0 Å². The summed E-state index contributed by atoms with van der Waals surface area (Å²) in [5.74, 6) is -0.553. The van der Waals surface area contributed by atoms with Gasteiger partial charge in [0, 0.05) is 12.8 Å². The van der Waals surface area contributed by atoms with Crippen molar-refractivity contribution >= 4 is 19.7 Å². The van der Waals surface area contributed by atoms with Crippen molar-refractivity contribution in [3.05, 3.63) is 60.8 Å². The summed E-state index contributed by atoms with van der Waals surface area (Å²) in [5, 5.41) is 3.03. The first-order chi connectivity index (χ1) is 37.9. The number of nitrogens with one attached hydrogen (secondary N) is 1. The monoisotopic (exact) mass is 1110 g/mol. The highest BCUT2D eigenvalue weighted by molar-refractivity contribution is 7.45. The van der Waals surface area contributed by atoms with Crippen molar-refractivity contribution in [3.63, 3.8) is 0 Å². The summed E-state index contributed by atoms with van der Waals surface area (Å²) in [6.45, 7) is 6.83. The molecule has 0 rings (SSSR count). The summed E-state index contributed by atoms with van der Waals surface area (Å²) >= 11 is 0. The molecule has 0 aliphatic rings. The number of unbranched alkanes of at least 4 members (excludes halogenated alkanes) is 36. The Kier molecular flexibility index (Phi) is 56.2. The van der Waals surface area contributed by atoms with E-state index in [0.717, 1.165) is 77.0 Å². The molecule has 0 saturated carbocycles. The molecule has 3 atom stereocenters. The molecule has 456 valence electrons. The van der Waals surface area contributed by atoms with Gasteiger partial charge in [-0.15, -0.1) is 0 Å². The van der Waals surface area contributed by atoms with Crippen LogP contribution in [0.25, 0.3) is 0 Å². The maximum Gasteiger partial charge on any atom is 0.306 e. The second-order valence-corrected chi connectivity index (χ2v) is 25.0. The molecule has 9 nitrogen and oxygen atoms in total. The van der Waals surface area contributed by atoms with Gasteiger partial charge in [-0.3, -0.25) is 14.2 Å². The normalized spacial score (nSPS) is 14.0. The van der Waals surface area contributed by atoms with E-state index in [1.54, 1.807) is 0 Å². The zero-order valence-electron chi connectivity index (χ0n) is 52.1. The average molecular weight is 1120 g/mol. The van der Waals surface area contributed by atoms with Crippen LogP contribution in [0.4, 0.5) is 0 Å². The van der Waals surface area contributed by atoms with Gasteiger partial charge < -0.3 is 28.5 Å². The minimum atomic E-state index is -4.70. The van der Waals surface area contributed by atoms with Crippen LogP contribution in [0.2, 0.25) is 0 Å². The van der Waals surface area contributed by atoms with Crippen LogP contribution < -0.4 is 10.2 Å². The number of ether oxygens (including phenoxy) is 1. The Hall–Kier alpha value is -2.29. The number of hydrogen-bond acceptors (Lipinski definition) is 7. The molecule has 0 heterocycles. The van der Waals surface area contributed by atoms with Crippen LogP contribution in [-0.4, -0.2) is 69.4 Å². The van der Waals surface area contributed by atoms with Gasteiger partial charge in [0.15, 0.2) is 0 Å².